The lowest BCUT2D eigenvalue weighted by Crippen LogP contribution is -2.45. The number of hydrogen-bond donors (Lipinski definition) is 0. The first-order valence-electron chi connectivity index (χ1n) is 7.29. The second-order valence-electron chi connectivity index (χ2n) is 5.52. The molecule has 2 heterocycles. The highest BCUT2D eigenvalue weighted by Gasteiger charge is 2.35. The Morgan fingerprint density at radius 1 is 1.50 bits per heavy atom. The molecule has 6 nitrogen and oxygen atoms in total. The highest BCUT2D eigenvalue weighted by atomic mass is 16.5. The number of carbonyl (C=O) groups excluding carboxylic acids is 2. The van der Waals surface area contributed by atoms with Crippen molar-refractivity contribution >= 4 is 11.9 Å². The van der Waals surface area contributed by atoms with E-state index in [2.05, 4.69) is 9.64 Å². The van der Waals surface area contributed by atoms with Crippen molar-refractivity contribution in [3.05, 3.63) is 0 Å². The van der Waals surface area contributed by atoms with Crippen LogP contribution in [0.5, 0.6) is 0 Å². The molecule has 2 fully saturated rings. The molecule has 1 amide bonds. The molecular formula is C14H24N2O4. The van der Waals surface area contributed by atoms with Crippen LogP contribution in [0.2, 0.25) is 0 Å². The summed E-state index contributed by atoms with van der Waals surface area (Å²) >= 11 is 0. The fraction of sp³-hybridized carbons (Fsp3) is 0.857. The quantitative estimate of drug-likeness (QED) is 0.655. The Labute approximate surface area is 120 Å². The lowest BCUT2D eigenvalue weighted by molar-refractivity contribution is -0.142. The van der Waals surface area contributed by atoms with Crippen LogP contribution in [0, 0.1) is 0 Å². The number of amides is 1. The van der Waals surface area contributed by atoms with Gasteiger partial charge in [0.1, 0.15) is 0 Å². The summed E-state index contributed by atoms with van der Waals surface area (Å²) in [5.41, 5.74) is 0. The Balaban J connectivity index is 1.95. The number of nitrogens with zero attached hydrogens (tertiary/aromatic N) is 2. The van der Waals surface area contributed by atoms with E-state index in [1.54, 1.807) is 4.90 Å². The largest absolute Gasteiger partial charge is 0.469 e. The summed E-state index contributed by atoms with van der Waals surface area (Å²) in [6, 6.07) is -0.117. The van der Waals surface area contributed by atoms with E-state index in [1.165, 1.54) is 7.11 Å². The lowest BCUT2D eigenvalue weighted by atomic mass is 10.1. The predicted molar refractivity (Wildman–Crippen MR) is 73.2 cm³/mol. The smallest absolute Gasteiger partial charge is 0.306 e. The fourth-order valence-electron chi connectivity index (χ4n) is 2.90. The van der Waals surface area contributed by atoms with Crippen molar-refractivity contribution < 1.29 is 19.1 Å². The van der Waals surface area contributed by atoms with E-state index in [4.69, 9.17) is 4.74 Å². The minimum Gasteiger partial charge on any atom is -0.469 e. The summed E-state index contributed by atoms with van der Waals surface area (Å²) in [4.78, 5) is 27.4. The van der Waals surface area contributed by atoms with Crippen molar-refractivity contribution in [1.82, 2.24) is 9.80 Å². The number of hydrogen-bond acceptors (Lipinski definition) is 5. The van der Waals surface area contributed by atoms with Gasteiger partial charge in [0.05, 0.1) is 25.7 Å². The molecule has 0 aromatic rings. The lowest BCUT2D eigenvalue weighted by Gasteiger charge is -2.29. The molecule has 20 heavy (non-hydrogen) atoms. The molecule has 0 spiro atoms. The number of likely N-dealkylation sites (N-methyl/N-ethyl adjacent to an activating group) is 1. The molecular weight excluding hydrogens is 260 g/mol. The van der Waals surface area contributed by atoms with E-state index in [-0.39, 0.29) is 24.0 Å². The zero-order valence-corrected chi connectivity index (χ0v) is 12.3. The maximum Gasteiger partial charge on any atom is 0.306 e. The van der Waals surface area contributed by atoms with E-state index in [0.29, 0.717) is 13.0 Å². The van der Waals surface area contributed by atoms with Crippen molar-refractivity contribution in [3.8, 4) is 0 Å². The van der Waals surface area contributed by atoms with Crippen molar-refractivity contribution in [3.63, 3.8) is 0 Å². The Bertz CT molecular complexity index is 355. The van der Waals surface area contributed by atoms with Crippen LogP contribution in [-0.2, 0) is 19.1 Å². The summed E-state index contributed by atoms with van der Waals surface area (Å²) < 4.78 is 10.3. The highest BCUT2D eigenvalue weighted by Crippen LogP contribution is 2.20. The van der Waals surface area contributed by atoms with Crippen LogP contribution in [0.3, 0.4) is 0 Å². The van der Waals surface area contributed by atoms with Gasteiger partial charge in [0.2, 0.25) is 5.91 Å². The van der Waals surface area contributed by atoms with E-state index < -0.39 is 0 Å². The first-order chi connectivity index (χ1) is 9.61. The third-order valence-electron chi connectivity index (χ3n) is 4.13. The van der Waals surface area contributed by atoms with Gasteiger partial charge in [-0.3, -0.25) is 14.5 Å². The second-order valence-corrected chi connectivity index (χ2v) is 5.52. The molecule has 2 aliphatic heterocycles. The molecule has 0 N–H and O–H groups in total. The van der Waals surface area contributed by atoms with Crippen molar-refractivity contribution in [2.45, 2.75) is 37.8 Å². The van der Waals surface area contributed by atoms with Crippen molar-refractivity contribution in [2.24, 2.45) is 0 Å². The van der Waals surface area contributed by atoms with Crippen LogP contribution in [0.4, 0.5) is 0 Å². The zero-order chi connectivity index (χ0) is 14.5. The molecule has 6 heteroatoms. The average Bonchev–Trinajstić information content (AvgIpc) is 3.06. The van der Waals surface area contributed by atoms with Gasteiger partial charge in [0.25, 0.3) is 0 Å². The van der Waals surface area contributed by atoms with Gasteiger partial charge in [-0.05, 0) is 19.3 Å². The van der Waals surface area contributed by atoms with E-state index in [1.807, 2.05) is 7.05 Å². The molecule has 2 atom stereocenters. The molecule has 2 rings (SSSR count). The van der Waals surface area contributed by atoms with Gasteiger partial charge in [0.15, 0.2) is 0 Å². The first-order valence-corrected chi connectivity index (χ1v) is 7.29. The maximum absolute atomic E-state index is 12.2. The zero-order valence-electron chi connectivity index (χ0n) is 12.3. The third kappa shape index (κ3) is 3.70. The fourth-order valence-corrected chi connectivity index (χ4v) is 2.90. The SMILES string of the molecule is COC(=O)CCN(CC1CCCO1)C1CCN(C)C1=O. The van der Waals surface area contributed by atoms with Crippen LogP contribution in [-0.4, -0.2) is 74.2 Å². The summed E-state index contributed by atoms with van der Waals surface area (Å²) in [6.45, 7) is 2.86. The van der Waals surface area contributed by atoms with Crippen LogP contribution < -0.4 is 0 Å². The standard InChI is InChI=1S/C14H24N2O4/c1-15-7-5-12(14(15)18)16(8-6-13(17)19-2)10-11-4-3-9-20-11/h11-12H,3-10H2,1-2H3. The van der Waals surface area contributed by atoms with Gasteiger partial charge in [-0.2, -0.15) is 0 Å². The normalized spacial score (nSPS) is 26.6. The highest BCUT2D eigenvalue weighted by molar-refractivity contribution is 5.83. The number of likely N-dealkylation sites (tertiary alicyclic amines) is 1. The second kappa shape index (κ2) is 7.04. The number of rotatable bonds is 6. The van der Waals surface area contributed by atoms with Crippen LogP contribution in [0.25, 0.3) is 0 Å². The van der Waals surface area contributed by atoms with Gasteiger partial charge in [-0.15, -0.1) is 0 Å². The minimum absolute atomic E-state index is 0.117. The summed E-state index contributed by atoms with van der Waals surface area (Å²) in [7, 11) is 3.22. The molecule has 0 aromatic heterocycles. The summed E-state index contributed by atoms with van der Waals surface area (Å²) in [6.07, 6.45) is 3.44. The van der Waals surface area contributed by atoms with E-state index >= 15 is 0 Å². The maximum atomic E-state index is 12.2. The Hall–Kier alpha value is -1.14. The van der Waals surface area contributed by atoms with Crippen LogP contribution in [0.15, 0.2) is 0 Å². The molecule has 0 aliphatic carbocycles. The van der Waals surface area contributed by atoms with Crippen molar-refractivity contribution in [1.29, 1.82) is 0 Å². The monoisotopic (exact) mass is 284 g/mol. The molecule has 0 saturated carbocycles. The van der Waals surface area contributed by atoms with Gasteiger partial charge in [-0.25, -0.2) is 0 Å². The molecule has 2 aliphatic rings. The number of ether oxygens (including phenoxy) is 2. The Kier molecular flexibility index (Phi) is 5.37. The summed E-state index contributed by atoms with van der Waals surface area (Å²) in [5.74, 6) is -0.0889. The molecule has 0 bridgehead atoms. The van der Waals surface area contributed by atoms with Crippen molar-refractivity contribution in [2.75, 3.05) is 40.4 Å². The predicted octanol–water partition coefficient (Wildman–Crippen LogP) is 0.261. The van der Waals surface area contributed by atoms with Crippen LogP contribution >= 0.6 is 0 Å². The number of methoxy groups -OCH3 is 1. The minimum atomic E-state index is -0.235. The molecule has 0 radical (unpaired) electrons. The summed E-state index contributed by atoms with van der Waals surface area (Å²) in [5, 5.41) is 0. The molecule has 0 aromatic carbocycles. The van der Waals surface area contributed by atoms with Crippen LogP contribution in [0.1, 0.15) is 25.7 Å². The first kappa shape index (κ1) is 15.3. The number of esters is 1. The third-order valence-corrected chi connectivity index (χ3v) is 4.13. The Morgan fingerprint density at radius 2 is 2.30 bits per heavy atom. The molecule has 114 valence electrons. The molecule has 2 saturated heterocycles. The number of carbonyl (C=O) groups is 2. The average molecular weight is 284 g/mol. The van der Waals surface area contributed by atoms with Gasteiger partial charge >= 0.3 is 5.97 Å². The topological polar surface area (TPSA) is 59.1 Å². The van der Waals surface area contributed by atoms with E-state index in [9.17, 15) is 9.59 Å². The van der Waals surface area contributed by atoms with E-state index in [0.717, 1.165) is 39.0 Å². The van der Waals surface area contributed by atoms with Gasteiger partial charge in [0, 0.05) is 33.3 Å². The van der Waals surface area contributed by atoms with Gasteiger partial charge in [-0.1, -0.05) is 0 Å². The van der Waals surface area contributed by atoms with Gasteiger partial charge < -0.3 is 14.4 Å². The Morgan fingerprint density at radius 3 is 2.85 bits per heavy atom. The molecule has 2 unspecified atom stereocenters.